The molecule has 0 aromatic carbocycles. The van der Waals surface area contributed by atoms with Gasteiger partial charge in [-0.1, -0.05) is 29.4 Å². The molecule has 0 saturated heterocycles. The van der Waals surface area contributed by atoms with Crippen molar-refractivity contribution < 1.29 is 18.0 Å². The van der Waals surface area contributed by atoms with Crippen molar-refractivity contribution in [1.82, 2.24) is 9.78 Å². The molecule has 1 unspecified atom stereocenters. The Morgan fingerprint density at radius 3 is 2.71 bits per heavy atom. The highest BCUT2D eigenvalue weighted by atomic mass is 35.5. The lowest BCUT2D eigenvalue weighted by atomic mass is 10.4. The molecule has 8 heteroatoms. The van der Waals surface area contributed by atoms with Gasteiger partial charge in [0.2, 0.25) is 5.12 Å². The van der Waals surface area contributed by atoms with Gasteiger partial charge in [0, 0.05) is 6.07 Å². The van der Waals surface area contributed by atoms with Gasteiger partial charge in [0.15, 0.2) is 5.69 Å². The summed E-state index contributed by atoms with van der Waals surface area (Å²) in [5, 5.41) is 2.94. The highest BCUT2D eigenvalue weighted by Crippen LogP contribution is 2.31. The molecule has 0 saturated carbocycles. The van der Waals surface area contributed by atoms with Crippen LogP contribution in [0.15, 0.2) is 18.2 Å². The highest BCUT2D eigenvalue weighted by molar-refractivity contribution is 8.15. The van der Waals surface area contributed by atoms with Crippen LogP contribution >= 0.6 is 23.4 Å². The predicted octanol–water partition coefficient (Wildman–Crippen LogP) is 2.75. The van der Waals surface area contributed by atoms with Crippen molar-refractivity contribution in [2.75, 3.05) is 0 Å². The zero-order chi connectivity index (χ0) is 12.6. The van der Waals surface area contributed by atoms with E-state index in [1.165, 1.54) is 6.08 Å². The number of thioether (sulfide) groups is 1. The first-order valence-corrected chi connectivity index (χ1v) is 5.81. The first kappa shape index (κ1) is 12.5. The van der Waals surface area contributed by atoms with E-state index in [1.54, 1.807) is 6.08 Å². The fourth-order valence-electron chi connectivity index (χ4n) is 1.34. The van der Waals surface area contributed by atoms with E-state index >= 15 is 0 Å². The van der Waals surface area contributed by atoms with E-state index < -0.39 is 11.9 Å². The first-order valence-electron chi connectivity index (χ1n) is 4.55. The molecule has 0 spiro atoms. The number of carbonyl (C=O) groups excluding carboxylic acids is 1. The molecule has 1 aromatic heterocycles. The van der Waals surface area contributed by atoms with Crippen molar-refractivity contribution in [1.29, 1.82) is 0 Å². The number of hydrogen-bond acceptors (Lipinski definition) is 3. The van der Waals surface area contributed by atoms with E-state index in [0.29, 0.717) is 0 Å². The summed E-state index contributed by atoms with van der Waals surface area (Å²) in [4.78, 5) is 10.9. The molecule has 1 aliphatic rings. The zero-order valence-electron chi connectivity index (χ0n) is 8.24. The van der Waals surface area contributed by atoms with Gasteiger partial charge in [-0.2, -0.15) is 18.3 Å². The van der Waals surface area contributed by atoms with E-state index in [9.17, 15) is 18.0 Å². The average Bonchev–Trinajstić information content (AvgIpc) is 2.74. The number of aromatic nitrogens is 2. The van der Waals surface area contributed by atoms with Gasteiger partial charge in [-0.25, -0.2) is 0 Å². The van der Waals surface area contributed by atoms with Crippen LogP contribution in [0.1, 0.15) is 5.69 Å². The molecule has 1 aromatic rings. The van der Waals surface area contributed by atoms with Gasteiger partial charge in [0.05, 0.1) is 11.8 Å². The second-order valence-electron chi connectivity index (χ2n) is 3.37. The number of alkyl halides is 3. The Hall–Kier alpha value is -0.950. The minimum absolute atomic E-state index is 0.0920. The van der Waals surface area contributed by atoms with Crippen molar-refractivity contribution in [3.8, 4) is 0 Å². The third-order valence-corrected chi connectivity index (χ3v) is 3.37. The van der Waals surface area contributed by atoms with E-state index in [2.05, 4.69) is 5.10 Å². The molecule has 3 nitrogen and oxygen atoms in total. The Balaban J connectivity index is 2.14. The molecule has 0 aliphatic carbocycles. The Morgan fingerprint density at radius 1 is 1.53 bits per heavy atom. The lowest BCUT2D eigenvalue weighted by Crippen LogP contribution is -2.13. The zero-order valence-corrected chi connectivity index (χ0v) is 9.81. The average molecular weight is 283 g/mol. The maximum Gasteiger partial charge on any atom is 0.435 e. The number of rotatable bonds is 2. The SMILES string of the molecule is O=C1C=CC(Cn2nc(C(F)(F)F)cc2Cl)S1. The quantitative estimate of drug-likeness (QED) is 0.836. The van der Waals surface area contributed by atoms with E-state index in [4.69, 9.17) is 11.6 Å². The molecule has 2 heterocycles. The predicted molar refractivity (Wildman–Crippen MR) is 57.8 cm³/mol. The van der Waals surface area contributed by atoms with E-state index in [0.717, 1.165) is 22.5 Å². The molecule has 0 radical (unpaired) electrons. The van der Waals surface area contributed by atoms with Gasteiger partial charge in [0.25, 0.3) is 0 Å². The molecule has 1 atom stereocenters. The Morgan fingerprint density at radius 2 is 2.24 bits per heavy atom. The second-order valence-corrected chi connectivity index (χ2v) is 5.00. The van der Waals surface area contributed by atoms with Crippen LogP contribution in [0.5, 0.6) is 0 Å². The monoisotopic (exact) mass is 282 g/mol. The molecule has 0 fully saturated rings. The smallest absolute Gasteiger partial charge is 0.282 e. The minimum Gasteiger partial charge on any atom is -0.282 e. The number of nitrogens with zero attached hydrogens (tertiary/aromatic N) is 2. The maximum absolute atomic E-state index is 12.3. The third-order valence-electron chi connectivity index (χ3n) is 2.09. The summed E-state index contributed by atoms with van der Waals surface area (Å²) in [6.07, 6.45) is -1.50. The van der Waals surface area contributed by atoms with Crippen LogP contribution in [-0.2, 0) is 17.5 Å². The first-order chi connectivity index (χ1) is 7.86. The van der Waals surface area contributed by atoms with Gasteiger partial charge in [0.1, 0.15) is 5.15 Å². The Labute approximate surface area is 104 Å². The van der Waals surface area contributed by atoms with Gasteiger partial charge >= 0.3 is 6.18 Å². The van der Waals surface area contributed by atoms with Crippen molar-refractivity contribution in [3.05, 3.63) is 29.1 Å². The lowest BCUT2D eigenvalue weighted by molar-refractivity contribution is -0.141. The molecule has 1 aliphatic heterocycles. The van der Waals surface area contributed by atoms with E-state index in [1.807, 2.05) is 0 Å². The topological polar surface area (TPSA) is 34.9 Å². The molecule has 2 rings (SSSR count). The van der Waals surface area contributed by atoms with Crippen LogP contribution in [0, 0.1) is 0 Å². The fourth-order valence-corrected chi connectivity index (χ4v) is 2.38. The summed E-state index contributed by atoms with van der Waals surface area (Å²) in [6, 6.07) is 0.771. The molecule has 0 bridgehead atoms. The summed E-state index contributed by atoms with van der Waals surface area (Å²) >= 11 is 6.68. The summed E-state index contributed by atoms with van der Waals surface area (Å²) < 4.78 is 38.1. The molecular weight excluding hydrogens is 277 g/mol. The summed E-state index contributed by atoms with van der Waals surface area (Å²) in [5.74, 6) is 0. The van der Waals surface area contributed by atoms with Crippen molar-refractivity contribution >= 4 is 28.5 Å². The normalized spacial score (nSPS) is 20.2. The molecule has 0 amide bonds. The van der Waals surface area contributed by atoms with Crippen LogP contribution < -0.4 is 0 Å². The molecular formula is C9H6ClF3N2OS. The van der Waals surface area contributed by atoms with Gasteiger partial charge < -0.3 is 0 Å². The van der Waals surface area contributed by atoms with Gasteiger partial charge in [-0.05, 0) is 6.08 Å². The van der Waals surface area contributed by atoms with Crippen LogP contribution in [0.2, 0.25) is 5.15 Å². The fraction of sp³-hybridized carbons (Fsp3) is 0.333. The number of halogens is 4. The minimum atomic E-state index is -4.51. The third kappa shape index (κ3) is 2.84. The van der Waals surface area contributed by atoms with E-state index in [-0.39, 0.29) is 22.1 Å². The van der Waals surface area contributed by atoms with Crippen LogP contribution in [0.4, 0.5) is 13.2 Å². The van der Waals surface area contributed by atoms with Crippen LogP contribution in [-0.4, -0.2) is 20.1 Å². The largest absolute Gasteiger partial charge is 0.435 e. The van der Waals surface area contributed by atoms with Gasteiger partial charge in [-0.15, -0.1) is 0 Å². The van der Waals surface area contributed by atoms with Crippen molar-refractivity contribution in [2.45, 2.75) is 18.0 Å². The summed E-state index contributed by atoms with van der Waals surface area (Å²) in [6.45, 7) is 0.141. The van der Waals surface area contributed by atoms with Crippen molar-refractivity contribution in [3.63, 3.8) is 0 Å². The second kappa shape index (κ2) is 4.38. The van der Waals surface area contributed by atoms with Crippen molar-refractivity contribution in [2.24, 2.45) is 0 Å². The van der Waals surface area contributed by atoms with Gasteiger partial charge in [-0.3, -0.25) is 9.48 Å². The highest BCUT2D eigenvalue weighted by Gasteiger charge is 2.35. The molecule has 92 valence electrons. The number of hydrogen-bond donors (Lipinski definition) is 0. The molecule has 17 heavy (non-hydrogen) atoms. The lowest BCUT2D eigenvalue weighted by Gasteiger charge is -2.07. The standard InChI is InChI=1S/C9H6ClF3N2OS/c10-7-3-6(9(11,12)13)14-15(7)4-5-1-2-8(16)17-5/h1-3,5H,4H2. The molecule has 0 N–H and O–H groups in total. The summed E-state index contributed by atoms with van der Waals surface area (Å²) in [5.41, 5.74) is -1.03. The maximum atomic E-state index is 12.3. The van der Waals surface area contributed by atoms with Crippen LogP contribution in [0.3, 0.4) is 0 Å². The van der Waals surface area contributed by atoms with Crippen LogP contribution in [0.25, 0.3) is 0 Å². The number of carbonyl (C=O) groups is 1. The Bertz CT molecular complexity index is 483. The Kier molecular flexibility index (Phi) is 3.22. The summed E-state index contributed by atoms with van der Waals surface area (Å²) in [7, 11) is 0.